The van der Waals surface area contributed by atoms with Crippen LogP contribution >= 0.6 is 23.2 Å². The van der Waals surface area contributed by atoms with Crippen LogP contribution in [-0.4, -0.2) is 29.3 Å². The zero-order valence-corrected chi connectivity index (χ0v) is 14.1. The molecule has 2 rings (SSSR count). The molecule has 1 aromatic rings. The first-order chi connectivity index (χ1) is 10.7. The maximum absolute atomic E-state index is 12.3. The summed E-state index contributed by atoms with van der Waals surface area (Å²) >= 11 is 11.9. The van der Waals surface area contributed by atoms with Gasteiger partial charge in [0.05, 0.1) is 0 Å². The Labute approximate surface area is 143 Å². The molecule has 23 heavy (non-hydrogen) atoms. The molecule has 1 fully saturated rings. The molecule has 0 spiro atoms. The van der Waals surface area contributed by atoms with E-state index in [0.29, 0.717) is 5.56 Å². The molecule has 0 unspecified atom stereocenters. The van der Waals surface area contributed by atoms with Crippen LogP contribution in [0.5, 0.6) is 0 Å². The topological polar surface area (TPSA) is 84.5 Å². The molecule has 1 saturated carbocycles. The number of carbonyl (C=O) groups excluding carboxylic acids is 3. The van der Waals surface area contributed by atoms with Crippen molar-refractivity contribution in [2.75, 3.05) is 7.05 Å². The first kappa shape index (κ1) is 17.6. The lowest BCUT2D eigenvalue weighted by Crippen LogP contribution is -2.41. The molecule has 2 atom stereocenters. The summed E-state index contributed by atoms with van der Waals surface area (Å²) in [5.41, 5.74) is -0.641. The lowest BCUT2D eigenvalue weighted by molar-refractivity contribution is -0.161. The van der Waals surface area contributed by atoms with Gasteiger partial charge in [-0.25, -0.2) is 4.79 Å². The van der Waals surface area contributed by atoms with Crippen molar-refractivity contribution in [3.05, 3.63) is 35.9 Å². The van der Waals surface area contributed by atoms with Crippen LogP contribution < -0.4 is 10.6 Å². The van der Waals surface area contributed by atoms with Gasteiger partial charge in [-0.05, 0) is 6.92 Å². The standard InChI is InChI=1S/C15H16Cl2N2O4/c1-14(8-15(14,16)17)12(21)23-10(9-6-4-3-5-7-9)11(20)19-13(22)18-2/h3-7,10H,8H2,1-2H3,(H2,18,19,20,22)/t10-,14+/m0/s1. The molecule has 1 aromatic carbocycles. The van der Waals surface area contributed by atoms with E-state index in [-0.39, 0.29) is 6.42 Å². The molecule has 1 aliphatic carbocycles. The van der Waals surface area contributed by atoms with Gasteiger partial charge < -0.3 is 10.1 Å². The zero-order valence-electron chi connectivity index (χ0n) is 12.6. The normalized spacial score (nSPS) is 22.6. The molecular weight excluding hydrogens is 343 g/mol. The summed E-state index contributed by atoms with van der Waals surface area (Å²) in [7, 11) is 1.37. The second-order valence-electron chi connectivity index (χ2n) is 5.48. The number of esters is 1. The number of halogens is 2. The molecule has 2 N–H and O–H groups in total. The van der Waals surface area contributed by atoms with Gasteiger partial charge in [0.15, 0.2) is 0 Å². The van der Waals surface area contributed by atoms with Crippen molar-refractivity contribution < 1.29 is 19.1 Å². The van der Waals surface area contributed by atoms with E-state index in [4.69, 9.17) is 27.9 Å². The van der Waals surface area contributed by atoms with Crippen LogP contribution in [0.4, 0.5) is 4.79 Å². The summed E-state index contributed by atoms with van der Waals surface area (Å²) < 4.78 is 4.10. The number of ether oxygens (including phenoxy) is 1. The van der Waals surface area contributed by atoms with Gasteiger partial charge in [-0.2, -0.15) is 0 Å². The molecule has 0 radical (unpaired) electrons. The van der Waals surface area contributed by atoms with Crippen molar-refractivity contribution >= 4 is 41.1 Å². The Bertz CT molecular complexity index is 636. The minimum absolute atomic E-state index is 0.237. The van der Waals surface area contributed by atoms with Gasteiger partial charge in [-0.3, -0.25) is 14.9 Å². The van der Waals surface area contributed by atoms with Gasteiger partial charge >= 0.3 is 12.0 Å². The third-order valence-corrected chi connectivity index (χ3v) is 4.84. The van der Waals surface area contributed by atoms with Gasteiger partial charge in [0.25, 0.3) is 5.91 Å². The van der Waals surface area contributed by atoms with Crippen LogP contribution in [0.25, 0.3) is 0 Å². The maximum Gasteiger partial charge on any atom is 0.321 e. The molecule has 0 saturated heterocycles. The van der Waals surface area contributed by atoms with E-state index in [1.165, 1.54) is 7.05 Å². The van der Waals surface area contributed by atoms with Crippen molar-refractivity contribution in [2.45, 2.75) is 23.8 Å². The van der Waals surface area contributed by atoms with E-state index in [0.717, 1.165) is 0 Å². The Morgan fingerprint density at radius 1 is 1.22 bits per heavy atom. The van der Waals surface area contributed by atoms with E-state index in [1.54, 1.807) is 37.3 Å². The van der Waals surface area contributed by atoms with E-state index in [1.807, 2.05) is 0 Å². The Morgan fingerprint density at radius 3 is 2.26 bits per heavy atom. The van der Waals surface area contributed by atoms with E-state index in [9.17, 15) is 14.4 Å². The van der Waals surface area contributed by atoms with Crippen LogP contribution in [0.1, 0.15) is 25.0 Å². The average molecular weight is 359 g/mol. The quantitative estimate of drug-likeness (QED) is 0.638. The van der Waals surface area contributed by atoms with Gasteiger partial charge in [0, 0.05) is 19.0 Å². The molecule has 0 bridgehead atoms. The molecule has 1 aliphatic rings. The van der Waals surface area contributed by atoms with Crippen LogP contribution in [-0.2, 0) is 14.3 Å². The largest absolute Gasteiger partial charge is 0.447 e. The van der Waals surface area contributed by atoms with Crippen molar-refractivity contribution in [3.8, 4) is 0 Å². The van der Waals surface area contributed by atoms with Crippen LogP contribution in [0.3, 0.4) is 0 Å². The van der Waals surface area contributed by atoms with Gasteiger partial charge in [-0.1, -0.05) is 30.3 Å². The summed E-state index contributed by atoms with van der Waals surface area (Å²) in [6.45, 7) is 1.56. The number of rotatable bonds is 4. The monoisotopic (exact) mass is 358 g/mol. The first-order valence-corrected chi connectivity index (χ1v) is 7.63. The first-order valence-electron chi connectivity index (χ1n) is 6.88. The van der Waals surface area contributed by atoms with Crippen LogP contribution in [0.2, 0.25) is 0 Å². The predicted molar refractivity (Wildman–Crippen MR) is 85.0 cm³/mol. The highest BCUT2D eigenvalue weighted by Crippen LogP contribution is 2.64. The average Bonchev–Trinajstić information content (AvgIpc) is 3.04. The van der Waals surface area contributed by atoms with Gasteiger partial charge in [0.1, 0.15) is 9.75 Å². The van der Waals surface area contributed by atoms with Gasteiger partial charge in [-0.15, -0.1) is 23.2 Å². The second-order valence-corrected chi connectivity index (χ2v) is 6.96. The Balaban J connectivity index is 2.19. The Kier molecular flexibility index (Phi) is 4.87. The molecule has 0 aromatic heterocycles. The van der Waals surface area contributed by atoms with Crippen LogP contribution in [0.15, 0.2) is 30.3 Å². The number of hydrogen-bond donors (Lipinski definition) is 2. The summed E-state index contributed by atoms with van der Waals surface area (Å²) in [5.74, 6) is -1.45. The predicted octanol–water partition coefficient (Wildman–Crippen LogP) is 2.31. The van der Waals surface area contributed by atoms with E-state index < -0.39 is 33.8 Å². The third-order valence-electron chi connectivity index (χ3n) is 3.74. The van der Waals surface area contributed by atoms with Crippen molar-refractivity contribution in [3.63, 3.8) is 0 Å². The highest BCUT2D eigenvalue weighted by molar-refractivity contribution is 6.53. The molecule has 3 amide bonds. The van der Waals surface area contributed by atoms with Crippen molar-refractivity contribution in [2.24, 2.45) is 5.41 Å². The highest BCUT2D eigenvalue weighted by atomic mass is 35.5. The summed E-state index contributed by atoms with van der Waals surface area (Å²) in [4.78, 5) is 35.9. The maximum atomic E-state index is 12.3. The fourth-order valence-corrected chi connectivity index (χ4v) is 2.69. The number of alkyl halides is 2. The number of hydrogen-bond acceptors (Lipinski definition) is 4. The minimum atomic E-state index is -1.28. The fourth-order valence-electron chi connectivity index (χ4n) is 2.00. The lowest BCUT2D eigenvalue weighted by atomic mass is 10.1. The summed E-state index contributed by atoms with van der Waals surface area (Å²) in [5, 5.41) is 4.35. The lowest BCUT2D eigenvalue weighted by Gasteiger charge is -2.20. The van der Waals surface area contributed by atoms with E-state index >= 15 is 0 Å². The third kappa shape index (κ3) is 3.59. The molecular formula is C15H16Cl2N2O4. The Hall–Kier alpha value is -1.79. The smallest absolute Gasteiger partial charge is 0.321 e. The SMILES string of the molecule is CNC(=O)NC(=O)[C@@H](OC(=O)[C@@]1(C)CC1(Cl)Cl)c1ccccc1. The van der Waals surface area contributed by atoms with Gasteiger partial charge in [0.2, 0.25) is 6.10 Å². The fraction of sp³-hybridized carbons (Fsp3) is 0.400. The van der Waals surface area contributed by atoms with Crippen molar-refractivity contribution in [1.82, 2.24) is 10.6 Å². The van der Waals surface area contributed by atoms with Crippen LogP contribution in [0, 0.1) is 5.41 Å². The Morgan fingerprint density at radius 2 is 1.78 bits per heavy atom. The second kappa shape index (κ2) is 6.37. The number of imide groups is 1. The minimum Gasteiger partial charge on any atom is -0.447 e. The number of nitrogens with one attached hydrogen (secondary N) is 2. The summed E-state index contributed by atoms with van der Waals surface area (Å²) in [6.07, 6.45) is -1.04. The van der Waals surface area contributed by atoms with Crippen molar-refractivity contribution in [1.29, 1.82) is 0 Å². The molecule has 124 valence electrons. The summed E-state index contributed by atoms with van der Waals surface area (Å²) in [6, 6.07) is 7.67. The number of benzene rings is 1. The molecule has 8 heteroatoms. The molecule has 0 aliphatic heterocycles. The highest BCUT2D eigenvalue weighted by Gasteiger charge is 2.69. The molecule has 0 heterocycles. The van der Waals surface area contributed by atoms with E-state index in [2.05, 4.69) is 10.6 Å². The number of amides is 3. The molecule has 6 nitrogen and oxygen atoms in total. The zero-order chi connectivity index (χ0) is 17.3. The number of carbonyl (C=O) groups is 3. The number of urea groups is 1.